The first-order chi connectivity index (χ1) is 10.2. The zero-order valence-corrected chi connectivity index (χ0v) is 13.3. The Morgan fingerprint density at radius 2 is 1.95 bits per heavy atom. The van der Waals surface area contributed by atoms with E-state index in [-0.39, 0.29) is 11.9 Å². The normalized spacial score (nSPS) is 17.4. The number of carbonyl (C=O) groups excluding carboxylic acids is 1. The van der Waals surface area contributed by atoms with E-state index in [1.165, 1.54) is 32.1 Å². The summed E-state index contributed by atoms with van der Waals surface area (Å²) in [5.41, 5.74) is 2.08. The fourth-order valence-electron chi connectivity index (χ4n) is 3.17. The number of anilines is 1. The van der Waals surface area contributed by atoms with Crippen LogP contribution in [0.4, 0.5) is 5.69 Å². The summed E-state index contributed by atoms with van der Waals surface area (Å²) in [6, 6.07) is 8.28. The molecule has 1 saturated carbocycles. The van der Waals surface area contributed by atoms with Crippen molar-refractivity contribution in [2.75, 3.05) is 12.4 Å². The molecule has 0 aliphatic heterocycles. The van der Waals surface area contributed by atoms with Crippen molar-refractivity contribution >= 4 is 11.6 Å². The van der Waals surface area contributed by atoms with Gasteiger partial charge in [0.05, 0.1) is 0 Å². The van der Waals surface area contributed by atoms with Gasteiger partial charge in [0.15, 0.2) is 0 Å². The van der Waals surface area contributed by atoms with Crippen LogP contribution in [-0.2, 0) is 4.79 Å². The Bertz CT molecular complexity index is 452. The van der Waals surface area contributed by atoms with Gasteiger partial charge in [-0.2, -0.15) is 0 Å². The highest BCUT2D eigenvalue weighted by molar-refractivity contribution is 5.91. The zero-order chi connectivity index (χ0) is 15.1. The SMILES string of the molecule is CNC(C)c1ccccc1NC(=O)CCC1CCCCC1. The molecule has 0 heterocycles. The molecule has 0 saturated heterocycles. The van der Waals surface area contributed by atoms with Crippen LogP contribution in [0.25, 0.3) is 0 Å². The van der Waals surface area contributed by atoms with Crippen molar-refractivity contribution < 1.29 is 4.79 Å². The number of hydrogen-bond donors (Lipinski definition) is 2. The van der Waals surface area contributed by atoms with Crippen LogP contribution in [-0.4, -0.2) is 13.0 Å². The van der Waals surface area contributed by atoms with Gasteiger partial charge in [-0.1, -0.05) is 50.3 Å². The van der Waals surface area contributed by atoms with Gasteiger partial charge in [-0.25, -0.2) is 0 Å². The quantitative estimate of drug-likeness (QED) is 0.821. The van der Waals surface area contributed by atoms with Gasteiger partial charge < -0.3 is 10.6 Å². The number of nitrogens with one attached hydrogen (secondary N) is 2. The van der Waals surface area contributed by atoms with E-state index in [0.717, 1.165) is 23.6 Å². The summed E-state index contributed by atoms with van der Waals surface area (Å²) in [7, 11) is 1.94. The molecule has 2 rings (SSSR count). The lowest BCUT2D eigenvalue weighted by Crippen LogP contribution is -2.18. The molecule has 3 nitrogen and oxygen atoms in total. The third-order valence-electron chi connectivity index (χ3n) is 4.64. The van der Waals surface area contributed by atoms with Crippen LogP contribution < -0.4 is 10.6 Å². The van der Waals surface area contributed by atoms with Gasteiger partial charge in [-0.05, 0) is 37.9 Å². The highest BCUT2D eigenvalue weighted by Crippen LogP contribution is 2.28. The van der Waals surface area contributed by atoms with Crippen molar-refractivity contribution in [2.45, 2.75) is 57.9 Å². The molecule has 0 spiro atoms. The van der Waals surface area contributed by atoms with Crippen molar-refractivity contribution in [3.05, 3.63) is 29.8 Å². The smallest absolute Gasteiger partial charge is 0.224 e. The molecule has 2 N–H and O–H groups in total. The van der Waals surface area contributed by atoms with E-state index >= 15 is 0 Å². The van der Waals surface area contributed by atoms with Crippen LogP contribution in [0, 0.1) is 5.92 Å². The molecule has 1 fully saturated rings. The summed E-state index contributed by atoms with van der Waals surface area (Å²) in [5, 5.41) is 6.31. The largest absolute Gasteiger partial charge is 0.326 e. The van der Waals surface area contributed by atoms with Crippen molar-refractivity contribution in [2.24, 2.45) is 5.92 Å². The number of carbonyl (C=O) groups is 1. The highest BCUT2D eigenvalue weighted by atomic mass is 16.1. The minimum absolute atomic E-state index is 0.149. The summed E-state index contributed by atoms with van der Waals surface area (Å²) >= 11 is 0. The molecule has 1 unspecified atom stereocenters. The summed E-state index contributed by atoms with van der Waals surface area (Å²) in [6.07, 6.45) is 8.35. The molecular formula is C18H28N2O. The van der Waals surface area contributed by atoms with E-state index in [0.29, 0.717) is 6.42 Å². The third-order valence-corrected chi connectivity index (χ3v) is 4.64. The maximum absolute atomic E-state index is 12.2. The number of hydrogen-bond acceptors (Lipinski definition) is 2. The molecule has 0 radical (unpaired) electrons. The summed E-state index contributed by atoms with van der Waals surface area (Å²) < 4.78 is 0. The fourth-order valence-corrected chi connectivity index (χ4v) is 3.17. The van der Waals surface area contributed by atoms with Gasteiger partial charge in [0.2, 0.25) is 5.91 Å². The number of benzene rings is 1. The van der Waals surface area contributed by atoms with E-state index in [1.54, 1.807) is 0 Å². The standard InChI is InChI=1S/C18H28N2O/c1-14(19-2)16-10-6-7-11-17(16)20-18(21)13-12-15-8-4-3-5-9-15/h6-7,10-11,14-15,19H,3-5,8-9,12-13H2,1-2H3,(H,20,21). The van der Waals surface area contributed by atoms with Crippen molar-refractivity contribution in [3.63, 3.8) is 0 Å². The fraction of sp³-hybridized carbons (Fsp3) is 0.611. The Morgan fingerprint density at radius 1 is 1.24 bits per heavy atom. The summed E-state index contributed by atoms with van der Waals surface area (Å²) in [5.74, 6) is 0.910. The van der Waals surface area contributed by atoms with Crippen LogP contribution in [0.2, 0.25) is 0 Å². The molecule has 1 aliphatic carbocycles. The minimum atomic E-state index is 0.149. The lowest BCUT2D eigenvalue weighted by Gasteiger charge is -2.21. The van der Waals surface area contributed by atoms with E-state index in [1.807, 2.05) is 25.2 Å². The predicted molar refractivity (Wildman–Crippen MR) is 88.4 cm³/mol. The van der Waals surface area contributed by atoms with Gasteiger partial charge in [0, 0.05) is 18.2 Å². The van der Waals surface area contributed by atoms with Crippen molar-refractivity contribution in [1.29, 1.82) is 0 Å². The predicted octanol–water partition coefficient (Wildman–Crippen LogP) is 4.27. The molecule has 1 aromatic carbocycles. The van der Waals surface area contributed by atoms with E-state index in [2.05, 4.69) is 23.6 Å². The first-order valence-corrected chi connectivity index (χ1v) is 8.26. The number of para-hydroxylation sites is 1. The molecule has 1 aliphatic rings. The van der Waals surface area contributed by atoms with Crippen molar-refractivity contribution in [3.8, 4) is 0 Å². The van der Waals surface area contributed by atoms with Crippen molar-refractivity contribution in [1.82, 2.24) is 5.32 Å². The number of rotatable bonds is 6. The summed E-state index contributed by atoms with van der Waals surface area (Å²) in [4.78, 5) is 12.2. The molecule has 0 bridgehead atoms. The average Bonchev–Trinajstić information content (AvgIpc) is 2.54. The molecule has 0 aromatic heterocycles. The van der Waals surface area contributed by atoms with Crippen LogP contribution in [0.3, 0.4) is 0 Å². The molecule has 1 aromatic rings. The number of amides is 1. The van der Waals surface area contributed by atoms with Crippen LogP contribution in [0.15, 0.2) is 24.3 Å². The van der Waals surface area contributed by atoms with Gasteiger partial charge in [0.25, 0.3) is 0 Å². The molecular weight excluding hydrogens is 260 g/mol. The second-order valence-electron chi connectivity index (χ2n) is 6.19. The van der Waals surface area contributed by atoms with E-state index in [9.17, 15) is 4.79 Å². The van der Waals surface area contributed by atoms with Crippen LogP contribution >= 0.6 is 0 Å². The monoisotopic (exact) mass is 288 g/mol. The van der Waals surface area contributed by atoms with E-state index in [4.69, 9.17) is 0 Å². The zero-order valence-electron chi connectivity index (χ0n) is 13.3. The topological polar surface area (TPSA) is 41.1 Å². The van der Waals surface area contributed by atoms with Gasteiger partial charge in [-0.15, -0.1) is 0 Å². The maximum atomic E-state index is 12.2. The molecule has 3 heteroatoms. The minimum Gasteiger partial charge on any atom is -0.326 e. The first-order valence-electron chi connectivity index (χ1n) is 8.26. The second-order valence-corrected chi connectivity index (χ2v) is 6.19. The molecule has 1 atom stereocenters. The van der Waals surface area contributed by atoms with Crippen LogP contribution in [0.5, 0.6) is 0 Å². The van der Waals surface area contributed by atoms with Gasteiger partial charge in [0.1, 0.15) is 0 Å². The lowest BCUT2D eigenvalue weighted by molar-refractivity contribution is -0.116. The Kier molecular flexibility index (Phi) is 6.24. The highest BCUT2D eigenvalue weighted by Gasteiger charge is 2.16. The Balaban J connectivity index is 1.87. The first kappa shape index (κ1) is 16.0. The van der Waals surface area contributed by atoms with Crippen LogP contribution in [0.1, 0.15) is 63.5 Å². The summed E-state index contributed by atoms with van der Waals surface area (Å²) in [6.45, 7) is 2.10. The Labute approximate surface area is 128 Å². The average molecular weight is 288 g/mol. The van der Waals surface area contributed by atoms with Gasteiger partial charge >= 0.3 is 0 Å². The molecule has 21 heavy (non-hydrogen) atoms. The van der Waals surface area contributed by atoms with Gasteiger partial charge in [-0.3, -0.25) is 4.79 Å². The Morgan fingerprint density at radius 3 is 2.67 bits per heavy atom. The molecule has 116 valence electrons. The maximum Gasteiger partial charge on any atom is 0.224 e. The third kappa shape index (κ3) is 4.85. The second kappa shape index (κ2) is 8.18. The van der Waals surface area contributed by atoms with E-state index < -0.39 is 0 Å². The Hall–Kier alpha value is -1.35. The lowest BCUT2D eigenvalue weighted by atomic mass is 9.86. The molecule has 1 amide bonds.